The van der Waals surface area contributed by atoms with Crippen LogP contribution in [-0.4, -0.2) is 37.2 Å². The minimum Gasteiger partial charge on any atom is -0.462 e. The van der Waals surface area contributed by atoms with Crippen LogP contribution in [0.4, 0.5) is 0 Å². The zero-order chi connectivity index (χ0) is 46.5. The van der Waals surface area contributed by atoms with E-state index in [-0.39, 0.29) is 31.1 Å². The number of hydrogen-bond donors (Lipinski definition) is 0. The summed E-state index contributed by atoms with van der Waals surface area (Å²) in [6, 6.07) is 0. The van der Waals surface area contributed by atoms with Crippen LogP contribution in [0.5, 0.6) is 0 Å². The monoisotopic (exact) mass is 903 g/mol. The molecule has 64 heavy (non-hydrogen) atoms. The highest BCUT2D eigenvalue weighted by Crippen LogP contribution is 2.17. The summed E-state index contributed by atoms with van der Waals surface area (Å²) in [4.78, 5) is 38.1. The standard InChI is InChI=1S/C58H110O6/c1-4-7-10-13-16-19-22-25-28-29-30-31-34-36-39-42-45-48-51-57(60)63-54-55(64-58(61)52-49-46-43-40-37-33-27-24-21-18-15-12-9-6-3)53-62-56(59)50-47-44-41-38-35-32-26-23-20-17-14-11-8-5-2/h24,27,55H,4-23,25-26,28-54H2,1-3H3/b27-24+/t55-/m1/s1. The molecule has 0 bridgehead atoms. The molecule has 0 aromatic rings. The quantitative estimate of drug-likeness (QED) is 0.0262. The number of unbranched alkanes of at least 4 members (excludes halogenated alkanes) is 40. The van der Waals surface area contributed by atoms with Gasteiger partial charge in [0.1, 0.15) is 13.2 Å². The Labute approximate surface area is 399 Å². The topological polar surface area (TPSA) is 78.9 Å². The molecule has 0 aliphatic heterocycles. The fraction of sp³-hybridized carbons (Fsp3) is 0.914. The molecule has 6 heteroatoms. The zero-order valence-electron chi connectivity index (χ0n) is 43.3. The number of hydrogen-bond acceptors (Lipinski definition) is 6. The van der Waals surface area contributed by atoms with Crippen LogP contribution in [0.15, 0.2) is 12.2 Å². The average Bonchev–Trinajstić information content (AvgIpc) is 3.29. The molecule has 0 amide bonds. The smallest absolute Gasteiger partial charge is 0.306 e. The van der Waals surface area contributed by atoms with Crippen molar-refractivity contribution in [3.8, 4) is 0 Å². The molecular formula is C58H110O6. The Morgan fingerprint density at radius 3 is 0.781 bits per heavy atom. The van der Waals surface area contributed by atoms with Gasteiger partial charge in [0.15, 0.2) is 6.10 Å². The van der Waals surface area contributed by atoms with Crippen molar-refractivity contribution in [2.24, 2.45) is 0 Å². The zero-order valence-corrected chi connectivity index (χ0v) is 43.3. The van der Waals surface area contributed by atoms with Crippen LogP contribution in [0.25, 0.3) is 0 Å². The van der Waals surface area contributed by atoms with Crippen molar-refractivity contribution in [2.45, 2.75) is 329 Å². The van der Waals surface area contributed by atoms with E-state index >= 15 is 0 Å². The van der Waals surface area contributed by atoms with E-state index in [4.69, 9.17) is 14.2 Å². The molecule has 0 fully saturated rings. The summed E-state index contributed by atoms with van der Waals surface area (Å²) in [6.07, 6.45) is 60.5. The molecule has 0 rings (SSSR count). The molecule has 0 N–H and O–H groups in total. The summed E-state index contributed by atoms with van der Waals surface area (Å²) in [5, 5.41) is 0. The van der Waals surface area contributed by atoms with E-state index in [1.807, 2.05) is 0 Å². The summed E-state index contributed by atoms with van der Waals surface area (Å²) in [5.74, 6) is -0.852. The van der Waals surface area contributed by atoms with Crippen LogP contribution >= 0.6 is 0 Å². The van der Waals surface area contributed by atoms with Crippen LogP contribution in [0, 0.1) is 0 Å². The maximum absolute atomic E-state index is 12.8. The van der Waals surface area contributed by atoms with Gasteiger partial charge in [-0.05, 0) is 44.9 Å². The minimum absolute atomic E-state index is 0.0674. The molecule has 0 aliphatic rings. The molecule has 0 heterocycles. The first-order valence-electron chi connectivity index (χ1n) is 28.7. The third-order valence-electron chi connectivity index (χ3n) is 13.0. The van der Waals surface area contributed by atoms with Crippen molar-refractivity contribution in [2.75, 3.05) is 13.2 Å². The molecule has 0 spiro atoms. The van der Waals surface area contributed by atoms with Gasteiger partial charge < -0.3 is 14.2 Å². The number of esters is 3. The molecule has 0 aromatic heterocycles. The van der Waals surface area contributed by atoms with Gasteiger partial charge in [-0.3, -0.25) is 14.4 Å². The fourth-order valence-electron chi connectivity index (χ4n) is 8.68. The third kappa shape index (κ3) is 51.1. The lowest BCUT2D eigenvalue weighted by atomic mass is 10.0. The van der Waals surface area contributed by atoms with E-state index in [1.54, 1.807) is 0 Å². The Morgan fingerprint density at radius 2 is 0.516 bits per heavy atom. The van der Waals surface area contributed by atoms with Crippen LogP contribution in [0.1, 0.15) is 323 Å². The van der Waals surface area contributed by atoms with E-state index in [9.17, 15) is 14.4 Å². The Hall–Kier alpha value is -1.85. The molecule has 0 aromatic carbocycles. The predicted molar refractivity (Wildman–Crippen MR) is 275 cm³/mol. The molecule has 0 aliphatic carbocycles. The van der Waals surface area contributed by atoms with Gasteiger partial charge in [-0.1, -0.05) is 270 Å². The van der Waals surface area contributed by atoms with E-state index in [0.717, 1.165) is 64.2 Å². The van der Waals surface area contributed by atoms with Crippen LogP contribution in [0.2, 0.25) is 0 Å². The summed E-state index contributed by atoms with van der Waals surface area (Å²) in [7, 11) is 0. The van der Waals surface area contributed by atoms with E-state index in [0.29, 0.717) is 19.3 Å². The molecule has 1 atom stereocenters. The predicted octanol–water partition coefficient (Wildman–Crippen LogP) is 18.9. The lowest BCUT2D eigenvalue weighted by Gasteiger charge is -2.18. The second-order valence-electron chi connectivity index (χ2n) is 19.6. The molecule has 0 radical (unpaired) electrons. The molecule has 378 valence electrons. The first-order chi connectivity index (χ1) is 31.5. The van der Waals surface area contributed by atoms with Gasteiger partial charge in [-0.15, -0.1) is 0 Å². The second-order valence-corrected chi connectivity index (χ2v) is 19.6. The average molecular weight is 904 g/mol. The second kappa shape index (κ2) is 53.8. The summed E-state index contributed by atoms with van der Waals surface area (Å²) < 4.78 is 16.9. The molecule has 0 unspecified atom stereocenters. The Balaban J connectivity index is 4.30. The van der Waals surface area contributed by atoms with Gasteiger partial charge in [-0.2, -0.15) is 0 Å². The first-order valence-corrected chi connectivity index (χ1v) is 28.7. The maximum Gasteiger partial charge on any atom is 0.306 e. The van der Waals surface area contributed by atoms with Gasteiger partial charge in [0.05, 0.1) is 0 Å². The van der Waals surface area contributed by atoms with Crippen LogP contribution < -0.4 is 0 Å². The number of ether oxygens (including phenoxy) is 3. The molecule has 0 saturated heterocycles. The highest BCUT2D eigenvalue weighted by Gasteiger charge is 2.19. The highest BCUT2D eigenvalue weighted by atomic mass is 16.6. The van der Waals surface area contributed by atoms with Crippen molar-refractivity contribution in [1.29, 1.82) is 0 Å². The van der Waals surface area contributed by atoms with Crippen LogP contribution in [-0.2, 0) is 28.6 Å². The molecule has 6 nitrogen and oxygen atoms in total. The van der Waals surface area contributed by atoms with Gasteiger partial charge in [0.25, 0.3) is 0 Å². The SMILES string of the molecule is CCCCCCC/C=C/CCCCCCCC(=O)O[C@H](COC(=O)CCCCCCCCCCCCCCCC)COC(=O)CCCCCCCCCCCCCCCCCCCC. The largest absolute Gasteiger partial charge is 0.462 e. The lowest BCUT2D eigenvalue weighted by molar-refractivity contribution is -0.167. The van der Waals surface area contributed by atoms with Crippen LogP contribution in [0.3, 0.4) is 0 Å². The number of carbonyl (C=O) groups excluding carboxylic acids is 3. The maximum atomic E-state index is 12.8. The fourth-order valence-corrected chi connectivity index (χ4v) is 8.68. The minimum atomic E-state index is -0.768. The van der Waals surface area contributed by atoms with Crippen molar-refractivity contribution >= 4 is 17.9 Å². The third-order valence-corrected chi connectivity index (χ3v) is 13.0. The number of carbonyl (C=O) groups is 3. The van der Waals surface area contributed by atoms with E-state index in [2.05, 4.69) is 32.9 Å². The Bertz CT molecular complexity index is 993. The normalized spacial score (nSPS) is 12.0. The highest BCUT2D eigenvalue weighted by molar-refractivity contribution is 5.71. The summed E-state index contributed by atoms with van der Waals surface area (Å²) in [6.45, 7) is 6.68. The van der Waals surface area contributed by atoms with E-state index in [1.165, 1.54) is 218 Å². The molecular weight excluding hydrogens is 793 g/mol. The Morgan fingerprint density at radius 1 is 0.297 bits per heavy atom. The number of rotatable bonds is 53. The number of allylic oxidation sites excluding steroid dienone is 2. The van der Waals surface area contributed by atoms with Crippen molar-refractivity contribution < 1.29 is 28.6 Å². The van der Waals surface area contributed by atoms with Crippen molar-refractivity contribution in [3.05, 3.63) is 12.2 Å². The van der Waals surface area contributed by atoms with Crippen molar-refractivity contribution in [3.63, 3.8) is 0 Å². The van der Waals surface area contributed by atoms with Gasteiger partial charge in [-0.25, -0.2) is 0 Å². The first kappa shape index (κ1) is 62.1. The Kier molecular flexibility index (Phi) is 52.2. The van der Waals surface area contributed by atoms with E-state index < -0.39 is 6.10 Å². The van der Waals surface area contributed by atoms with Gasteiger partial charge >= 0.3 is 17.9 Å². The van der Waals surface area contributed by atoms with Gasteiger partial charge in [0.2, 0.25) is 0 Å². The summed E-state index contributed by atoms with van der Waals surface area (Å²) >= 11 is 0. The molecule has 0 saturated carbocycles. The summed E-state index contributed by atoms with van der Waals surface area (Å²) in [5.41, 5.74) is 0. The van der Waals surface area contributed by atoms with Crippen molar-refractivity contribution in [1.82, 2.24) is 0 Å². The van der Waals surface area contributed by atoms with Gasteiger partial charge in [0, 0.05) is 19.3 Å². The lowest BCUT2D eigenvalue weighted by Crippen LogP contribution is -2.30.